The predicted molar refractivity (Wildman–Crippen MR) is 67.0 cm³/mol. The Bertz CT molecular complexity index is 550. The van der Waals surface area contributed by atoms with Crippen molar-refractivity contribution in [1.82, 2.24) is 0 Å². The topological polar surface area (TPSA) is 72.8 Å². The summed E-state index contributed by atoms with van der Waals surface area (Å²) in [6.45, 7) is 0. The molecule has 0 heterocycles. The van der Waals surface area contributed by atoms with E-state index >= 15 is 0 Å². The summed E-state index contributed by atoms with van der Waals surface area (Å²) in [5.41, 5.74) is 2.23. The Hall–Kier alpha value is -1.27. The molecule has 1 aliphatic rings. The van der Waals surface area contributed by atoms with Gasteiger partial charge in [-0.1, -0.05) is 0 Å². The molecule has 18 heavy (non-hydrogen) atoms. The van der Waals surface area contributed by atoms with E-state index in [-0.39, 0.29) is 11.7 Å². The zero-order chi connectivity index (χ0) is 13.3. The molecule has 0 fully saturated rings. The molecular weight excluding hydrogens is 256 g/mol. The van der Waals surface area contributed by atoms with E-state index in [1.165, 1.54) is 0 Å². The van der Waals surface area contributed by atoms with Gasteiger partial charge in [-0.2, -0.15) is 8.42 Å². The molecular formula is C12H16O5S. The van der Waals surface area contributed by atoms with Crippen molar-refractivity contribution < 1.29 is 22.4 Å². The highest BCUT2D eigenvalue weighted by molar-refractivity contribution is 7.85. The summed E-state index contributed by atoms with van der Waals surface area (Å²) in [7, 11) is -0.735. The first-order chi connectivity index (χ1) is 8.44. The van der Waals surface area contributed by atoms with Crippen LogP contribution in [0.15, 0.2) is 12.1 Å². The molecule has 1 aromatic rings. The van der Waals surface area contributed by atoms with E-state index in [0.29, 0.717) is 17.9 Å². The first-order valence-corrected chi connectivity index (χ1v) is 7.25. The molecule has 6 heteroatoms. The van der Waals surface area contributed by atoms with Crippen LogP contribution >= 0.6 is 0 Å². The molecule has 5 nitrogen and oxygen atoms in total. The minimum atomic E-state index is -3.88. The molecule has 1 aliphatic carbocycles. The van der Waals surface area contributed by atoms with E-state index in [1.807, 2.05) is 12.1 Å². The van der Waals surface area contributed by atoms with Crippen molar-refractivity contribution in [1.29, 1.82) is 0 Å². The number of ether oxygens (including phenoxy) is 2. The fourth-order valence-electron chi connectivity index (χ4n) is 2.29. The van der Waals surface area contributed by atoms with Crippen LogP contribution in [0.4, 0.5) is 0 Å². The summed E-state index contributed by atoms with van der Waals surface area (Å²) in [4.78, 5) is 0. The van der Waals surface area contributed by atoms with Crippen LogP contribution in [0.5, 0.6) is 11.5 Å². The fraction of sp³-hybridized carbons (Fsp3) is 0.500. The van der Waals surface area contributed by atoms with Gasteiger partial charge in [0.05, 0.1) is 20.0 Å². The molecule has 0 saturated carbocycles. The minimum Gasteiger partial charge on any atom is -0.493 e. The molecule has 1 N–H and O–H groups in total. The van der Waals surface area contributed by atoms with E-state index in [0.717, 1.165) is 17.5 Å². The summed E-state index contributed by atoms with van der Waals surface area (Å²) in [6.07, 6.45) is 1.24. The molecule has 0 aromatic heterocycles. The second kappa shape index (κ2) is 4.78. The zero-order valence-electron chi connectivity index (χ0n) is 10.3. The Morgan fingerprint density at radius 2 is 1.89 bits per heavy atom. The second-order valence-electron chi connectivity index (χ2n) is 4.38. The Labute approximate surface area is 106 Å². The average molecular weight is 272 g/mol. The molecule has 100 valence electrons. The number of rotatable bonds is 5. The minimum absolute atomic E-state index is 0.168. The molecule has 2 rings (SSSR count). The van der Waals surface area contributed by atoms with Gasteiger partial charge in [0.2, 0.25) is 0 Å². The van der Waals surface area contributed by atoms with Crippen LogP contribution < -0.4 is 9.47 Å². The summed E-state index contributed by atoms with van der Waals surface area (Å²) >= 11 is 0. The van der Waals surface area contributed by atoms with Crippen molar-refractivity contribution in [3.8, 4) is 11.5 Å². The van der Waals surface area contributed by atoms with Crippen LogP contribution in [0.25, 0.3) is 0 Å². The molecule has 0 saturated heterocycles. The monoisotopic (exact) mass is 272 g/mol. The van der Waals surface area contributed by atoms with Gasteiger partial charge < -0.3 is 9.47 Å². The second-order valence-corrected chi connectivity index (χ2v) is 5.95. The van der Waals surface area contributed by atoms with Gasteiger partial charge in [-0.25, -0.2) is 0 Å². The van der Waals surface area contributed by atoms with E-state index in [1.54, 1.807) is 14.2 Å². The van der Waals surface area contributed by atoms with Gasteiger partial charge in [0.25, 0.3) is 10.1 Å². The molecule has 0 spiro atoms. The van der Waals surface area contributed by atoms with Gasteiger partial charge in [-0.05, 0) is 42.0 Å². The molecule has 1 atom stereocenters. The Morgan fingerprint density at radius 1 is 1.28 bits per heavy atom. The largest absolute Gasteiger partial charge is 0.493 e. The molecule has 0 radical (unpaired) electrons. The third kappa shape index (κ3) is 2.59. The van der Waals surface area contributed by atoms with Gasteiger partial charge in [-0.3, -0.25) is 4.55 Å². The fourth-order valence-corrected chi connectivity index (χ4v) is 2.87. The van der Waals surface area contributed by atoms with Crippen molar-refractivity contribution in [2.45, 2.75) is 18.8 Å². The van der Waals surface area contributed by atoms with Crippen molar-refractivity contribution in [2.24, 2.45) is 0 Å². The number of fused-ring (bicyclic) bond motifs is 1. The predicted octanol–water partition coefficient (Wildman–Crippen LogP) is 1.62. The normalized spacial score (nSPS) is 17.8. The highest BCUT2D eigenvalue weighted by Crippen LogP contribution is 2.43. The van der Waals surface area contributed by atoms with Crippen molar-refractivity contribution in [2.75, 3.05) is 20.0 Å². The lowest BCUT2D eigenvalue weighted by Crippen LogP contribution is -2.20. The van der Waals surface area contributed by atoms with Gasteiger partial charge in [-0.15, -0.1) is 0 Å². The maximum atomic E-state index is 10.7. The Balaban J connectivity index is 2.15. The van der Waals surface area contributed by atoms with Gasteiger partial charge in [0.1, 0.15) is 0 Å². The van der Waals surface area contributed by atoms with Gasteiger partial charge in [0, 0.05) is 0 Å². The first-order valence-electron chi connectivity index (χ1n) is 5.64. The Morgan fingerprint density at radius 3 is 2.44 bits per heavy atom. The lowest BCUT2D eigenvalue weighted by molar-refractivity contribution is 0.351. The van der Waals surface area contributed by atoms with Crippen LogP contribution in [0.2, 0.25) is 0 Å². The van der Waals surface area contributed by atoms with Crippen molar-refractivity contribution in [3.63, 3.8) is 0 Å². The van der Waals surface area contributed by atoms with E-state index < -0.39 is 10.1 Å². The van der Waals surface area contributed by atoms with Gasteiger partial charge in [0.15, 0.2) is 11.5 Å². The Kier molecular flexibility index (Phi) is 3.49. The molecule has 1 unspecified atom stereocenters. The van der Waals surface area contributed by atoms with Gasteiger partial charge >= 0.3 is 0 Å². The smallest absolute Gasteiger partial charge is 0.264 e. The van der Waals surface area contributed by atoms with E-state index in [9.17, 15) is 8.42 Å². The van der Waals surface area contributed by atoms with E-state index in [2.05, 4.69) is 0 Å². The third-order valence-corrected chi connectivity index (χ3v) is 4.03. The average Bonchev–Trinajstić information content (AvgIpc) is 2.28. The summed E-state index contributed by atoms with van der Waals surface area (Å²) in [5.74, 6) is 1.30. The molecule has 0 aliphatic heterocycles. The van der Waals surface area contributed by atoms with Crippen molar-refractivity contribution in [3.05, 3.63) is 23.3 Å². The quantitative estimate of drug-likeness (QED) is 0.825. The van der Waals surface area contributed by atoms with E-state index in [4.69, 9.17) is 14.0 Å². The number of hydrogen-bond donors (Lipinski definition) is 1. The van der Waals surface area contributed by atoms with Crippen LogP contribution in [0.3, 0.4) is 0 Å². The zero-order valence-corrected chi connectivity index (χ0v) is 11.2. The summed E-state index contributed by atoms with van der Waals surface area (Å²) in [6, 6.07) is 3.80. The highest BCUT2D eigenvalue weighted by atomic mass is 32.2. The maximum absolute atomic E-state index is 10.7. The van der Waals surface area contributed by atoms with Crippen LogP contribution in [0.1, 0.15) is 23.5 Å². The standard InChI is InChI=1S/C12H16O5S/c1-16-11-6-9-5-8(3-4-18(13,14)15)10(9)7-12(11)17-2/h6-8H,3-5H2,1-2H3,(H,13,14,15). The SMILES string of the molecule is COc1cc2c(cc1OC)C(CCS(=O)(=O)O)C2. The highest BCUT2D eigenvalue weighted by Gasteiger charge is 2.29. The molecule has 1 aromatic carbocycles. The third-order valence-electron chi connectivity index (χ3n) is 3.28. The number of hydrogen-bond acceptors (Lipinski definition) is 4. The maximum Gasteiger partial charge on any atom is 0.264 e. The first kappa shape index (κ1) is 13.2. The van der Waals surface area contributed by atoms with Crippen LogP contribution in [0, 0.1) is 0 Å². The van der Waals surface area contributed by atoms with Crippen molar-refractivity contribution >= 4 is 10.1 Å². The number of benzene rings is 1. The number of methoxy groups -OCH3 is 2. The molecule has 0 bridgehead atoms. The van der Waals surface area contributed by atoms with Crippen LogP contribution in [-0.4, -0.2) is 32.9 Å². The lowest BCUT2D eigenvalue weighted by Gasteiger charge is -2.31. The molecule has 0 amide bonds. The summed E-state index contributed by atoms with van der Waals surface area (Å²) < 4.78 is 40.6. The lowest BCUT2D eigenvalue weighted by atomic mass is 9.76. The van der Waals surface area contributed by atoms with Crippen LogP contribution in [-0.2, 0) is 16.5 Å². The summed E-state index contributed by atoms with van der Waals surface area (Å²) in [5, 5.41) is 0.